The lowest BCUT2D eigenvalue weighted by Crippen LogP contribution is -2.33. The predicted molar refractivity (Wildman–Crippen MR) is 157 cm³/mol. The molecule has 2 aliphatic rings. The minimum atomic E-state index is -0.801. The van der Waals surface area contributed by atoms with Crippen LogP contribution in [0.1, 0.15) is 16.4 Å². The summed E-state index contributed by atoms with van der Waals surface area (Å²) < 4.78 is 15.5. The molecule has 3 heterocycles. The van der Waals surface area contributed by atoms with Crippen LogP contribution in [0.4, 0.5) is 15.8 Å². The summed E-state index contributed by atoms with van der Waals surface area (Å²) in [5.74, 6) is -2.98. The van der Waals surface area contributed by atoms with Gasteiger partial charge in [-0.2, -0.15) is 0 Å². The SMILES string of the molecule is O=C(Cn1c2c(sc1=O)[C@@H](c1ccc(Br)cc1)[C@@H]1C(=O)N(c3ccc(Cl)cc3)C(=O)[C@@H]1S2)Nc1ccc(F)cc1. The molecule has 12 heteroatoms. The van der Waals surface area contributed by atoms with Crippen LogP contribution in [-0.4, -0.2) is 27.5 Å². The molecule has 7 nitrogen and oxygen atoms in total. The van der Waals surface area contributed by atoms with Crippen LogP contribution in [0, 0.1) is 11.7 Å². The number of hydrogen-bond acceptors (Lipinski definition) is 6. The Morgan fingerprint density at radius 2 is 1.62 bits per heavy atom. The fourth-order valence-electron chi connectivity index (χ4n) is 5.01. The van der Waals surface area contributed by atoms with Crippen LogP contribution in [0.2, 0.25) is 5.02 Å². The molecule has 0 bridgehead atoms. The maximum atomic E-state index is 13.9. The van der Waals surface area contributed by atoms with Gasteiger partial charge in [-0.15, -0.1) is 0 Å². The second-order valence-corrected chi connectivity index (χ2v) is 12.7. The molecule has 0 unspecified atom stereocenters. The van der Waals surface area contributed by atoms with Crippen molar-refractivity contribution in [3.63, 3.8) is 0 Å². The number of nitrogens with one attached hydrogen (secondary N) is 1. The first kappa shape index (κ1) is 26.9. The van der Waals surface area contributed by atoms with Gasteiger partial charge in [0.1, 0.15) is 17.6 Å². The Labute approximate surface area is 249 Å². The van der Waals surface area contributed by atoms with Crippen LogP contribution >= 0.6 is 50.6 Å². The highest BCUT2D eigenvalue weighted by Crippen LogP contribution is 2.54. The molecule has 1 fully saturated rings. The summed E-state index contributed by atoms with van der Waals surface area (Å²) >= 11 is 11.6. The zero-order valence-electron chi connectivity index (χ0n) is 20.3. The van der Waals surface area contributed by atoms with E-state index in [2.05, 4.69) is 21.2 Å². The van der Waals surface area contributed by atoms with E-state index in [4.69, 9.17) is 11.6 Å². The van der Waals surface area contributed by atoms with Gasteiger partial charge in [0.15, 0.2) is 0 Å². The van der Waals surface area contributed by atoms with Gasteiger partial charge in [-0.05, 0) is 66.2 Å². The number of fused-ring (bicyclic) bond motifs is 2. The Kier molecular flexibility index (Phi) is 7.16. The minimum absolute atomic E-state index is 0.303. The number of benzene rings is 3. The number of amides is 3. The van der Waals surface area contributed by atoms with E-state index < -0.39 is 34.7 Å². The van der Waals surface area contributed by atoms with E-state index in [1.807, 2.05) is 24.3 Å². The second kappa shape index (κ2) is 10.6. The van der Waals surface area contributed by atoms with Crippen LogP contribution in [0.25, 0.3) is 0 Å². The monoisotopic (exact) mass is 657 g/mol. The highest BCUT2D eigenvalue weighted by molar-refractivity contribution is 9.10. The maximum absolute atomic E-state index is 13.9. The van der Waals surface area contributed by atoms with Crippen molar-refractivity contribution in [2.24, 2.45) is 5.92 Å². The fourth-order valence-corrected chi connectivity index (χ4v) is 8.17. The number of thioether (sulfide) groups is 1. The Bertz CT molecular complexity index is 1710. The highest BCUT2D eigenvalue weighted by atomic mass is 79.9. The lowest BCUT2D eigenvalue weighted by atomic mass is 9.83. The molecular formula is C28H18BrClFN3O4S2. The third-order valence-electron chi connectivity index (χ3n) is 6.79. The lowest BCUT2D eigenvalue weighted by Gasteiger charge is -2.30. The van der Waals surface area contributed by atoms with Gasteiger partial charge in [0, 0.05) is 26.0 Å². The van der Waals surface area contributed by atoms with Crippen molar-refractivity contribution >= 4 is 79.7 Å². The predicted octanol–water partition coefficient (Wildman–Crippen LogP) is 5.90. The van der Waals surface area contributed by atoms with Crippen molar-refractivity contribution < 1.29 is 18.8 Å². The standard InChI is InChI=1S/C28H18BrClFN3O4S2/c29-15-3-1-14(2-4-15)21-22-23(26(37)34(25(22)36)19-11-5-16(30)6-12-19)39-27-24(21)40-28(38)33(27)13-20(35)32-18-9-7-17(31)8-10-18/h1-12,21-23H,13H2,(H,32,35)/t21-,22-,23+/m0/s1. The summed E-state index contributed by atoms with van der Waals surface area (Å²) in [6.07, 6.45) is 0. The molecule has 0 saturated carbocycles. The fraction of sp³-hybridized carbons (Fsp3) is 0.143. The molecule has 40 heavy (non-hydrogen) atoms. The number of nitrogens with zero attached hydrogens (tertiary/aromatic N) is 2. The van der Waals surface area contributed by atoms with E-state index >= 15 is 0 Å². The van der Waals surface area contributed by atoms with E-state index in [-0.39, 0.29) is 17.3 Å². The Balaban J connectivity index is 1.40. The summed E-state index contributed by atoms with van der Waals surface area (Å²) in [5.41, 5.74) is 1.59. The Morgan fingerprint density at radius 1 is 0.950 bits per heavy atom. The third-order valence-corrected chi connectivity index (χ3v) is 10.2. The molecule has 3 amide bonds. The number of hydrogen-bond donors (Lipinski definition) is 1. The number of imide groups is 1. The number of thiazole rings is 1. The zero-order valence-corrected chi connectivity index (χ0v) is 24.3. The minimum Gasteiger partial charge on any atom is -0.325 e. The van der Waals surface area contributed by atoms with Gasteiger partial charge in [0.2, 0.25) is 17.7 Å². The normalized spacial score (nSPS) is 19.9. The van der Waals surface area contributed by atoms with E-state index in [9.17, 15) is 23.6 Å². The van der Waals surface area contributed by atoms with Crippen molar-refractivity contribution in [2.75, 3.05) is 10.2 Å². The highest BCUT2D eigenvalue weighted by Gasteiger charge is 2.56. The lowest BCUT2D eigenvalue weighted by molar-refractivity contribution is -0.122. The van der Waals surface area contributed by atoms with Crippen LogP contribution in [0.15, 0.2) is 87.1 Å². The summed E-state index contributed by atoms with van der Waals surface area (Å²) in [5, 5.41) is 2.83. The average molecular weight is 659 g/mol. The molecule has 3 atom stereocenters. The molecule has 1 aromatic heterocycles. The number of carbonyl (C=O) groups is 3. The molecule has 2 aliphatic heterocycles. The van der Waals surface area contributed by atoms with Gasteiger partial charge >= 0.3 is 4.87 Å². The quantitative estimate of drug-likeness (QED) is 0.270. The summed E-state index contributed by atoms with van der Waals surface area (Å²) in [7, 11) is 0. The van der Waals surface area contributed by atoms with Crippen molar-refractivity contribution in [2.45, 2.75) is 22.7 Å². The Hall–Kier alpha value is -3.25. The molecular weight excluding hydrogens is 641 g/mol. The van der Waals surface area contributed by atoms with Crippen LogP contribution in [-0.2, 0) is 20.9 Å². The molecule has 1 N–H and O–H groups in total. The largest absolute Gasteiger partial charge is 0.325 e. The second-order valence-electron chi connectivity index (χ2n) is 9.26. The first-order chi connectivity index (χ1) is 19.2. The first-order valence-corrected chi connectivity index (χ1v) is 14.9. The van der Waals surface area contributed by atoms with Gasteiger partial charge in [0.05, 0.1) is 16.6 Å². The van der Waals surface area contributed by atoms with E-state index in [0.29, 0.717) is 26.3 Å². The first-order valence-electron chi connectivity index (χ1n) is 12.1. The number of anilines is 2. The summed E-state index contributed by atoms with van der Waals surface area (Å²) in [6, 6.07) is 19.2. The summed E-state index contributed by atoms with van der Waals surface area (Å²) in [4.78, 5) is 55.1. The van der Waals surface area contributed by atoms with Crippen molar-refractivity contribution in [3.05, 3.63) is 108 Å². The van der Waals surface area contributed by atoms with Crippen molar-refractivity contribution in [1.82, 2.24) is 4.57 Å². The van der Waals surface area contributed by atoms with E-state index in [1.165, 1.54) is 33.7 Å². The topological polar surface area (TPSA) is 88.5 Å². The van der Waals surface area contributed by atoms with Crippen LogP contribution in [0.5, 0.6) is 0 Å². The van der Waals surface area contributed by atoms with E-state index in [0.717, 1.165) is 33.1 Å². The molecule has 6 rings (SSSR count). The molecule has 202 valence electrons. The molecule has 0 radical (unpaired) electrons. The molecule has 4 aromatic rings. The van der Waals surface area contributed by atoms with Gasteiger partial charge in [-0.25, -0.2) is 9.29 Å². The number of aromatic nitrogens is 1. The van der Waals surface area contributed by atoms with Gasteiger partial charge in [0.25, 0.3) is 0 Å². The van der Waals surface area contributed by atoms with Crippen molar-refractivity contribution in [3.8, 4) is 0 Å². The number of carbonyl (C=O) groups excluding carboxylic acids is 3. The summed E-state index contributed by atoms with van der Waals surface area (Å²) in [6.45, 7) is -0.303. The molecule has 3 aromatic carbocycles. The molecule has 0 spiro atoms. The molecule has 1 saturated heterocycles. The number of rotatable bonds is 5. The van der Waals surface area contributed by atoms with E-state index in [1.54, 1.807) is 24.3 Å². The zero-order chi connectivity index (χ0) is 28.1. The van der Waals surface area contributed by atoms with Gasteiger partial charge in [-0.1, -0.05) is 62.8 Å². The maximum Gasteiger partial charge on any atom is 0.308 e. The van der Waals surface area contributed by atoms with Crippen LogP contribution in [0.3, 0.4) is 0 Å². The third kappa shape index (κ3) is 4.81. The molecule has 0 aliphatic carbocycles. The van der Waals surface area contributed by atoms with Gasteiger partial charge < -0.3 is 5.32 Å². The average Bonchev–Trinajstić information content (AvgIpc) is 3.37. The smallest absolute Gasteiger partial charge is 0.308 e. The number of halogens is 3. The Morgan fingerprint density at radius 3 is 2.30 bits per heavy atom. The van der Waals surface area contributed by atoms with Crippen molar-refractivity contribution in [1.29, 1.82) is 0 Å². The van der Waals surface area contributed by atoms with Gasteiger partial charge in [-0.3, -0.25) is 23.7 Å². The van der Waals surface area contributed by atoms with Crippen LogP contribution < -0.4 is 15.1 Å².